The molecular weight excluding hydrogens is 425 g/mol. The highest BCUT2D eigenvalue weighted by Gasteiger charge is 2.33. The average molecular weight is 436 g/mol. The van der Waals surface area contributed by atoms with Gasteiger partial charge in [-0.05, 0) is 47.6 Å². The Morgan fingerprint density at radius 2 is 2.14 bits per heavy atom. The molecule has 1 aliphatic rings. The average Bonchev–Trinajstić information content (AvgIpc) is 3.17. The fourth-order valence-corrected chi connectivity index (χ4v) is 4.64. The van der Waals surface area contributed by atoms with E-state index in [4.69, 9.17) is 16.1 Å². The second-order valence-electron chi connectivity index (χ2n) is 4.90. The van der Waals surface area contributed by atoms with Gasteiger partial charge in [0.25, 0.3) is 0 Å². The fourth-order valence-electron chi connectivity index (χ4n) is 2.20. The van der Waals surface area contributed by atoms with Crippen LogP contribution in [-0.4, -0.2) is 21.4 Å². The van der Waals surface area contributed by atoms with E-state index >= 15 is 0 Å². The maximum absolute atomic E-state index is 12.8. The Hall–Kier alpha value is -0.730. The summed E-state index contributed by atoms with van der Waals surface area (Å²) < 4.78 is 17.9. The predicted octanol–water partition coefficient (Wildman–Crippen LogP) is 3.78. The van der Waals surface area contributed by atoms with Gasteiger partial charge in [0, 0.05) is 21.3 Å². The van der Waals surface area contributed by atoms with Crippen LogP contribution in [-0.2, 0) is 10.8 Å². The maximum atomic E-state index is 12.8. The van der Waals surface area contributed by atoms with Gasteiger partial charge in [0.05, 0.1) is 32.5 Å². The number of carbonyl (C=O) groups is 1. The number of benzene rings is 1. The van der Waals surface area contributed by atoms with E-state index in [2.05, 4.69) is 5.16 Å². The minimum absolute atomic E-state index is 0.210. The van der Waals surface area contributed by atoms with Crippen LogP contribution in [0.4, 0.5) is 0 Å². The van der Waals surface area contributed by atoms with E-state index < -0.39 is 10.8 Å². The highest BCUT2D eigenvalue weighted by molar-refractivity contribution is 14.1. The van der Waals surface area contributed by atoms with Crippen molar-refractivity contribution < 1.29 is 13.5 Å². The number of hydrogen-bond donors (Lipinski definition) is 0. The monoisotopic (exact) mass is 435 g/mol. The lowest BCUT2D eigenvalue weighted by molar-refractivity contribution is 0.103. The van der Waals surface area contributed by atoms with Crippen molar-refractivity contribution in [2.45, 2.75) is 23.7 Å². The number of carbonyl (C=O) groups excluding carboxylic acids is 1. The van der Waals surface area contributed by atoms with Crippen molar-refractivity contribution in [1.29, 1.82) is 0 Å². The van der Waals surface area contributed by atoms with Crippen LogP contribution in [0.1, 0.15) is 40.4 Å². The Kier molecular flexibility index (Phi) is 4.20. The summed E-state index contributed by atoms with van der Waals surface area (Å²) in [5, 5.41) is 4.24. The molecule has 1 aromatic heterocycles. The van der Waals surface area contributed by atoms with Crippen LogP contribution in [0.3, 0.4) is 0 Å². The third kappa shape index (κ3) is 2.80. The molecule has 4 nitrogen and oxygen atoms in total. The van der Waals surface area contributed by atoms with Crippen molar-refractivity contribution in [2.75, 3.05) is 6.26 Å². The largest absolute Gasteiger partial charge is 0.360 e. The molecule has 0 radical (unpaired) electrons. The summed E-state index contributed by atoms with van der Waals surface area (Å²) in [4.78, 5) is 13.2. The zero-order valence-electron chi connectivity index (χ0n) is 11.1. The SMILES string of the molecule is CS(=O)c1c(C(=O)c2cnoc2C2CC2)ccc(Cl)c1I. The molecule has 1 atom stereocenters. The van der Waals surface area contributed by atoms with Crippen LogP contribution in [0, 0.1) is 3.57 Å². The maximum Gasteiger partial charge on any atom is 0.199 e. The molecule has 0 bridgehead atoms. The highest BCUT2D eigenvalue weighted by atomic mass is 127. The summed E-state index contributed by atoms with van der Waals surface area (Å²) >= 11 is 8.08. The van der Waals surface area contributed by atoms with E-state index in [1.165, 1.54) is 6.20 Å². The first kappa shape index (κ1) is 15.2. The van der Waals surface area contributed by atoms with Crippen molar-refractivity contribution in [1.82, 2.24) is 5.16 Å². The second kappa shape index (κ2) is 5.81. The van der Waals surface area contributed by atoms with Gasteiger partial charge in [-0.1, -0.05) is 16.8 Å². The standard InChI is InChI=1S/C14H11ClINO3S/c1-21(19)14-8(4-5-10(15)11(14)16)12(18)9-6-17-20-13(9)7-2-3-7/h4-7H,2-3H2,1H3. The zero-order valence-corrected chi connectivity index (χ0v) is 14.8. The van der Waals surface area contributed by atoms with Crippen molar-refractivity contribution in [3.63, 3.8) is 0 Å². The molecule has 3 rings (SSSR count). The lowest BCUT2D eigenvalue weighted by Gasteiger charge is -2.09. The van der Waals surface area contributed by atoms with Crippen molar-refractivity contribution in [3.8, 4) is 0 Å². The second-order valence-corrected chi connectivity index (χ2v) is 7.70. The Morgan fingerprint density at radius 1 is 1.43 bits per heavy atom. The quantitative estimate of drug-likeness (QED) is 0.542. The Bertz CT molecular complexity index is 755. The predicted molar refractivity (Wildman–Crippen MR) is 88.4 cm³/mol. The molecule has 1 fully saturated rings. The molecule has 1 heterocycles. The fraction of sp³-hybridized carbons (Fsp3) is 0.286. The summed E-state index contributed by atoms with van der Waals surface area (Å²) in [5.74, 6) is 0.712. The molecule has 2 aromatic rings. The first-order valence-electron chi connectivity index (χ1n) is 6.31. The molecule has 1 unspecified atom stereocenters. The summed E-state index contributed by atoms with van der Waals surface area (Å²) in [6.07, 6.45) is 5.01. The van der Waals surface area contributed by atoms with Crippen molar-refractivity contribution in [3.05, 3.63) is 43.8 Å². The summed E-state index contributed by atoms with van der Waals surface area (Å²) in [7, 11) is -1.31. The van der Waals surface area contributed by atoms with Crippen LogP contribution in [0.5, 0.6) is 0 Å². The Labute approximate surface area is 142 Å². The molecule has 1 saturated carbocycles. The third-order valence-corrected chi connectivity index (χ3v) is 6.49. The molecule has 1 aromatic carbocycles. The van der Waals surface area contributed by atoms with Crippen molar-refractivity contribution >= 4 is 50.8 Å². The molecule has 7 heteroatoms. The van der Waals surface area contributed by atoms with Gasteiger partial charge in [-0.3, -0.25) is 9.00 Å². The first-order valence-corrected chi connectivity index (χ1v) is 9.33. The minimum atomic E-state index is -1.31. The molecule has 21 heavy (non-hydrogen) atoms. The van der Waals surface area contributed by atoms with Crippen LogP contribution in [0.2, 0.25) is 5.02 Å². The Balaban J connectivity index is 2.11. The lowest BCUT2D eigenvalue weighted by atomic mass is 10.0. The van der Waals surface area contributed by atoms with Crippen LogP contribution < -0.4 is 0 Å². The molecule has 0 saturated heterocycles. The third-order valence-electron chi connectivity index (χ3n) is 3.37. The summed E-state index contributed by atoms with van der Waals surface area (Å²) in [6, 6.07) is 3.27. The minimum Gasteiger partial charge on any atom is -0.360 e. The number of aromatic nitrogens is 1. The van der Waals surface area contributed by atoms with E-state index in [0.29, 0.717) is 30.4 Å². The van der Waals surface area contributed by atoms with Crippen molar-refractivity contribution in [2.24, 2.45) is 0 Å². The van der Waals surface area contributed by atoms with E-state index in [1.54, 1.807) is 18.4 Å². The van der Waals surface area contributed by atoms with Gasteiger partial charge in [-0.2, -0.15) is 0 Å². The van der Waals surface area contributed by atoms with Gasteiger partial charge in [0.2, 0.25) is 0 Å². The number of ketones is 1. The molecule has 0 aliphatic heterocycles. The van der Waals surface area contributed by atoms with Crippen LogP contribution in [0.25, 0.3) is 0 Å². The highest BCUT2D eigenvalue weighted by Crippen LogP contribution is 2.42. The van der Waals surface area contributed by atoms with E-state index in [0.717, 1.165) is 12.8 Å². The molecule has 0 amide bonds. The van der Waals surface area contributed by atoms with Crippen LogP contribution >= 0.6 is 34.2 Å². The number of halogens is 2. The zero-order chi connectivity index (χ0) is 15.1. The molecule has 0 spiro atoms. The van der Waals surface area contributed by atoms with E-state index in [9.17, 15) is 9.00 Å². The van der Waals surface area contributed by atoms with Gasteiger partial charge >= 0.3 is 0 Å². The number of hydrogen-bond acceptors (Lipinski definition) is 4. The number of nitrogens with zero attached hydrogens (tertiary/aromatic N) is 1. The van der Waals surface area contributed by atoms with Gasteiger partial charge in [0.1, 0.15) is 0 Å². The normalized spacial score (nSPS) is 16.0. The van der Waals surface area contributed by atoms with Gasteiger partial charge in [0.15, 0.2) is 11.5 Å². The molecule has 110 valence electrons. The summed E-state index contributed by atoms with van der Waals surface area (Å²) in [5.41, 5.74) is 0.858. The molecule has 1 aliphatic carbocycles. The first-order chi connectivity index (χ1) is 10.0. The van der Waals surface area contributed by atoms with Gasteiger partial charge in [-0.25, -0.2) is 0 Å². The van der Waals surface area contributed by atoms with Crippen LogP contribution in [0.15, 0.2) is 27.7 Å². The lowest BCUT2D eigenvalue weighted by Crippen LogP contribution is -2.09. The van der Waals surface area contributed by atoms with Gasteiger partial charge < -0.3 is 4.52 Å². The molecular formula is C14H11ClINO3S. The number of rotatable bonds is 4. The summed E-state index contributed by atoms with van der Waals surface area (Å²) in [6.45, 7) is 0. The Morgan fingerprint density at radius 3 is 2.76 bits per heavy atom. The van der Waals surface area contributed by atoms with E-state index in [1.807, 2.05) is 22.6 Å². The van der Waals surface area contributed by atoms with E-state index in [-0.39, 0.29) is 11.7 Å². The smallest absolute Gasteiger partial charge is 0.199 e. The topological polar surface area (TPSA) is 60.2 Å². The molecule has 0 N–H and O–H groups in total. The van der Waals surface area contributed by atoms with Gasteiger partial charge in [-0.15, -0.1) is 0 Å².